The summed E-state index contributed by atoms with van der Waals surface area (Å²) in [4.78, 5) is 44.4. The number of rotatable bonds is 7. The number of carbonyl (C=O) groups is 3. The highest BCUT2D eigenvalue weighted by Crippen LogP contribution is 2.32. The lowest BCUT2D eigenvalue weighted by Gasteiger charge is -2.30. The van der Waals surface area contributed by atoms with Crippen LogP contribution in [0.4, 0.5) is 9.93 Å². The van der Waals surface area contributed by atoms with Gasteiger partial charge in [0.25, 0.3) is 5.91 Å². The molecule has 2 unspecified atom stereocenters. The molecule has 0 bridgehead atoms. The second-order valence-electron chi connectivity index (χ2n) is 8.98. The van der Waals surface area contributed by atoms with Crippen LogP contribution in [0.15, 0.2) is 5.38 Å². The van der Waals surface area contributed by atoms with Crippen LogP contribution in [0.1, 0.15) is 77.0 Å². The van der Waals surface area contributed by atoms with Crippen LogP contribution >= 0.6 is 11.3 Å². The monoisotopic (exact) mass is 431 g/mol. The van der Waals surface area contributed by atoms with Crippen LogP contribution in [0.25, 0.3) is 0 Å². The number of nitrogens with one attached hydrogen (secondary N) is 2. The number of nitrogens with zero attached hydrogens (tertiary/aromatic N) is 2. The van der Waals surface area contributed by atoms with Gasteiger partial charge in [-0.05, 0) is 24.7 Å². The van der Waals surface area contributed by atoms with Crippen LogP contribution < -0.4 is 10.6 Å². The van der Waals surface area contributed by atoms with Gasteiger partial charge in [-0.25, -0.2) is 14.7 Å². The van der Waals surface area contributed by atoms with Gasteiger partial charge in [0.05, 0.1) is 0 Å². The van der Waals surface area contributed by atoms with Crippen molar-refractivity contribution in [3.05, 3.63) is 11.6 Å². The normalized spacial score (nSPS) is 24.7. The summed E-state index contributed by atoms with van der Waals surface area (Å²) in [5, 5.41) is 7.77. The number of hydrogen-bond donors (Lipinski definition) is 2. The first kappa shape index (κ1) is 21.3. The van der Waals surface area contributed by atoms with E-state index in [1.165, 1.54) is 41.9 Å². The van der Waals surface area contributed by atoms with Crippen LogP contribution in [0, 0.1) is 18.0 Å². The van der Waals surface area contributed by atoms with E-state index in [2.05, 4.69) is 21.8 Å². The van der Waals surface area contributed by atoms with Crippen LogP contribution in [-0.2, 0) is 9.59 Å². The maximum absolute atomic E-state index is 13.2. The van der Waals surface area contributed by atoms with E-state index in [1.54, 1.807) is 5.38 Å². The third-order valence-electron chi connectivity index (χ3n) is 6.86. The van der Waals surface area contributed by atoms with E-state index in [1.807, 2.05) is 0 Å². The fourth-order valence-electron chi connectivity index (χ4n) is 5.27. The Labute approximate surface area is 182 Å². The van der Waals surface area contributed by atoms with Crippen molar-refractivity contribution in [1.82, 2.24) is 15.2 Å². The van der Waals surface area contributed by atoms with Gasteiger partial charge in [0.1, 0.15) is 18.3 Å². The molecule has 1 aromatic heterocycles. The maximum atomic E-state index is 13.2. The van der Waals surface area contributed by atoms with Crippen molar-refractivity contribution < 1.29 is 14.4 Å². The third-order valence-corrected chi connectivity index (χ3v) is 7.50. The van der Waals surface area contributed by atoms with Gasteiger partial charge in [-0.1, -0.05) is 64.2 Å². The minimum Gasteiger partial charge on any atom is -0.326 e. The zero-order chi connectivity index (χ0) is 20.9. The largest absolute Gasteiger partial charge is 0.326 e. The molecule has 2 N–H and O–H groups in total. The third kappa shape index (κ3) is 5.02. The van der Waals surface area contributed by atoms with Crippen molar-refractivity contribution in [3.63, 3.8) is 0 Å². The van der Waals surface area contributed by atoms with E-state index in [4.69, 9.17) is 0 Å². The minimum absolute atomic E-state index is 0.243. The number of amides is 4. The number of thiazole rings is 1. The summed E-state index contributed by atoms with van der Waals surface area (Å²) in [5.41, 5.74) is 0. The molecule has 1 aromatic rings. The Morgan fingerprint density at radius 2 is 1.80 bits per heavy atom. The molecule has 163 valence electrons. The second-order valence-corrected chi connectivity index (χ2v) is 9.83. The van der Waals surface area contributed by atoms with Crippen LogP contribution in [0.5, 0.6) is 0 Å². The highest BCUT2D eigenvalue weighted by molar-refractivity contribution is 7.13. The number of hydrogen-bond acceptors (Lipinski definition) is 5. The Morgan fingerprint density at radius 1 is 1.13 bits per heavy atom. The van der Waals surface area contributed by atoms with Crippen molar-refractivity contribution in [1.29, 1.82) is 0 Å². The molecule has 1 radical (unpaired) electrons. The summed E-state index contributed by atoms with van der Waals surface area (Å²) in [6.45, 7) is 0. The molecule has 2 atom stereocenters. The molecule has 4 rings (SSSR count). The van der Waals surface area contributed by atoms with Gasteiger partial charge in [0, 0.05) is 5.38 Å². The lowest BCUT2D eigenvalue weighted by atomic mass is 9.83. The Bertz CT molecular complexity index is 742. The van der Waals surface area contributed by atoms with Gasteiger partial charge >= 0.3 is 6.03 Å². The van der Waals surface area contributed by atoms with E-state index in [0.717, 1.165) is 38.5 Å². The molecule has 30 heavy (non-hydrogen) atoms. The van der Waals surface area contributed by atoms with E-state index in [9.17, 15) is 14.4 Å². The topological polar surface area (TPSA) is 91.4 Å². The van der Waals surface area contributed by atoms with Gasteiger partial charge in [-0.3, -0.25) is 9.59 Å². The van der Waals surface area contributed by atoms with Crippen molar-refractivity contribution >= 4 is 34.3 Å². The quantitative estimate of drug-likeness (QED) is 0.636. The van der Waals surface area contributed by atoms with Crippen molar-refractivity contribution in [2.45, 2.75) is 89.1 Å². The predicted molar refractivity (Wildman–Crippen MR) is 115 cm³/mol. The van der Waals surface area contributed by atoms with E-state index >= 15 is 0 Å². The van der Waals surface area contributed by atoms with E-state index in [-0.39, 0.29) is 11.8 Å². The van der Waals surface area contributed by atoms with E-state index in [0.29, 0.717) is 29.8 Å². The minimum atomic E-state index is -0.791. The molecule has 3 aliphatic rings. The molecule has 2 heterocycles. The van der Waals surface area contributed by atoms with Gasteiger partial charge in [0.15, 0.2) is 5.13 Å². The summed E-state index contributed by atoms with van der Waals surface area (Å²) in [7, 11) is 0. The Hall–Kier alpha value is -1.96. The fourth-order valence-corrected chi connectivity index (χ4v) is 5.75. The first-order valence-electron chi connectivity index (χ1n) is 11.4. The van der Waals surface area contributed by atoms with Gasteiger partial charge in [-0.15, -0.1) is 11.3 Å². The van der Waals surface area contributed by atoms with Gasteiger partial charge < -0.3 is 10.6 Å². The molecule has 7 nitrogen and oxygen atoms in total. The van der Waals surface area contributed by atoms with Crippen molar-refractivity contribution in [3.8, 4) is 0 Å². The number of aromatic nitrogens is 1. The molecule has 3 fully saturated rings. The summed E-state index contributed by atoms with van der Waals surface area (Å²) in [6.07, 6.45) is 15.4. The summed E-state index contributed by atoms with van der Waals surface area (Å²) < 4.78 is 0. The molecular formula is C22H31N4O3S. The highest BCUT2D eigenvalue weighted by atomic mass is 32.1. The maximum Gasteiger partial charge on any atom is 0.325 e. The summed E-state index contributed by atoms with van der Waals surface area (Å²) in [6, 6.07) is -1.72. The van der Waals surface area contributed by atoms with Crippen LogP contribution in [0.3, 0.4) is 0 Å². The Morgan fingerprint density at radius 3 is 2.43 bits per heavy atom. The fraction of sp³-hybridized carbons (Fsp3) is 0.727. The van der Waals surface area contributed by atoms with Gasteiger partial charge in [0.2, 0.25) is 5.91 Å². The Kier molecular flexibility index (Phi) is 7.02. The van der Waals surface area contributed by atoms with Crippen molar-refractivity contribution in [2.24, 2.45) is 11.8 Å². The molecule has 2 aliphatic carbocycles. The lowest BCUT2D eigenvalue weighted by Crippen LogP contribution is -2.49. The average Bonchev–Trinajstić information content (AvgIpc) is 3.36. The standard InChI is InChI=1S/C22H31N4O3S/c27-19(25-21-23-11-12-30-21)18(14-16-9-5-2-6-10-16)26-20(28)17(24-22(26)29)13-15-7-3-1-4-8-15/h12,15-18H,1-10,13-14H2,(H,24,29)(H,23,25,27). The molecule has 2 saturated carbocycles. The Balaban J connectivity index is 1.48. The zero-order valence-electron chi connectivity index (χ0n) is 17.4. The first-order valence-corrected chi connectivity index (χ1v) is 12.3. The van der Waals surface area contributed by atoms with Crippen LogP contribution in [0.2, 0.25) is 0 Å². The van der Waals surface area contributed by atoms with Gasteiger partial charge in [-0.2, -0.15) is 0 Å². The van der Waals surface area contributed by atoms with Crippen LogP contribution in [-0.4, -0.2) is 39.8 Å². The first-order chi connectivity index (χ1) is 14.6. The number of anilines is 1. The SMILES string of the molecule is O=C(Nc1n[c]cs1)C(CC1CCCCC1)N1C(=O)NC(CC2CCCCC2)C1=O. The molecule has 8 heteroatoms. The smallest absolute Gasteiger partial charge is 0.325 e. The molecular weight excluding hydrogens is 400 g/mol. The van der Waals surface area contributed by atoms with E-state index < -0.39 is 18.1 Å². The molecule has 1 saturated heterocycles. The molecule has 4 amide bonds. The number of urea groups is 1. The van der Waals surface area contributed by atoms with Crippen molar-refractivity contribution in [2.75, 3.05) is 5.32 Å². The molecule has 0 aromatic carbocycles. The second kappa shape index (κ2) is 9.90. The average molecular weight is 432 g/mol. The number of carbonyl (C=O) groups excluding carboxylic acids is 3. The summed E-state index contributed by atoms with van der Waals surface area (Å²) >= 11 is 1.28. The predicted octanol–water partition coefficient (Wildman–Crippen LogP) is 4.11. The number of imide groups is 1. The molecule has 0 spiro atoms. The zero-order valence-corrected chi connectivity index (χ0v) is 18.2. The summed E-state index contributed by atoms with van der Waals surface area (Å²) in [5.74, 6) is 0.262. The lowest BCUT2D eigenvalue weighted by molar-refractivity contribution is -0.134. The highest BCUT2D eigenvalue weighted by Gasteiger charge is 2.46. The molecule has 1 aliphatic heterocycles.